The Morgan fingerprint density at radius 3 is 2.78 bits per heavy atom. The van der Waals surface area contributed by atoms with E-state index in [2.05, 4.69) is 15.2 Å². The molecule has 0 unspecified atom stereocenters. The van der Waals surface area contributed by atoms with Crippen LogP contribution in [-0.2, 0) is 17.8 Å². The minimum absolute atomic E-state index is 0.189. The van der Waals surface area contributed by atoms with Crippen molar-refractivity contribution in [2.45, 2.75) is 13.0 Å². The summed E-state index contributed by atoms with van der Waals surface area (Å²) in [5, 5.41) is 15.6. The van der Waals surface area contributed by atoms with E-state index >= 15 is 0 Å². The van der Waals surface area contributed by atoms with Crippen LogP contribution < -0.4 is 4.74 Å². The molecule has 0 atom stereocenters. The lowest BCUT2D eigenvalue weighted by atomic mass is 10.3. The van der Waals surface area contributed by atoms with Crippen molar-refractivity contribution in [3.63, 3.8) is 0 Å². The van der Waals surface area contributed by atoms with Gasteiger partial charge in [0, 0.05) is 5.02 Å². The van der Waals surface area contributed by atoms with Crippen molar-refractivity contribution in [2.75, 3.05) is 0 Å². The van der Waals surface area contributed by atoms with Crippen molar-refractivity contribution in [1.29, 1.82) is 0 Å². The number of aromatic nitrogens is 3. The Morgan fingerprint density at radius 2 is 2.11 bits per heavy atom. The quantitative estimate of drug-likeness (QED) is 0.860. The Morgan fingerprint density at radius 1 is 1.39 bits per heavy atom. The van der Waals surface area contributed by atoms with E-state index in [1.54, 1.807) is 24.3 Å². The summed E-state index contributed by atoms with van der Waals surface area (Å²) in [7, 11) is 0. The number of rotatable bonds is 5. The molecule has 1 heterocycles. The Kier molecular flexibility index (Phi) is 3.78. The number of H-pyrrole nitrogens is 1. The average Bonchev–Trinajstić information content (AvgIpc) is 2.75. The largest absolute Gasteiger partial charge is 0.486 e. The van der Waals surface area contributed by atoms with Gasteiger partial charge in [-0.15, -0.1) is 0 Å². The van der Waals surface area contributed by atoms with Gasteiger partial charge in [0.2, 0.25) is 0 Å². The summed E-state index contributed by atoms with van der Waals surface area (Å²) in [5.41, 5.74) is 0. The molecule has 0 bridgehead atoms. The Labute approximate surface area is 108 Å². The van der Waals surface area contributed by atoms with E-state index in [1.165, 1.54) is 0 Å². The fourth-order valence-corrected chi connectivity index (χ4v) is 1.42. The molecule has 1 aromatic carbocycles. The van der Waals surface area contributed by atoms with Gasteiger partial charge >= 0.3 is 5.97 Å². The number of carboxylic acids is 1. The fourth-order valence-electron chi connectivity index (χ4n) is 1.30. The molecule has 0 saturated carbocycles. The highest BCUT2D eigenvalue weighted by Crippen LogP contribution is 2.16. The van der Waals surface area contributed by atoms with Gasteiger partial charge in [-0.3, -0.25) is 9.89 Å². The number of halogens is 1. The molecule has 0 aliphatic carbocycles. The van der Waals surface area contributed by atoms with Crippen molar-refractivity contribution < 1.29 is 14.6 Å². The Hall–Kier alpha value is -2.08. The standard InChI is InChI=1S/C11H10ClN3O3/c12-7-1-3-8(4-2-7)18-6-10-13-9(14-15-10)5-11(16)17/h1-4H,5-6H2,(H,16,17)(H,13,14,15). The van der Waals surface area contributed by atoms with E-state index < -0.39 is 5.97 Å². The molecule has 0 saturated heterocycles. The van der Waals surface area contributed by atoms with Crippen LogP contribution in [0, 0.1) is 0 Å². The van der Waals surface area contributed by atoms with E-state index in [9.17, 15) is 4.79 Å². The first-order chi connectivity index (χ1) is 8.63. The molecule has 0 aliphatic heterocycles. The maximum atomic E-state index is 10.5. The number of aliphatic carboxylic acids is 1. The zero-order valence-corrected chi connectivity index (χ0v) is 10.0. The molecule has 2 N–H and O–H groups in total. The minimum atomic E-state index is -0.973. The fraction of sp³-hybridized carbons (Fsp3) is 0.182. The van der Waals surface area contributed by atoms with Crippen LogP contribution in [-0.4, -0.2) is 26.3 Å². The van der Waals surface area contributed by atoms with Gasteiger partial charge in [-0.05, 0) is 24.3 Å². The van der Waals surface area contributed by atoms with Crippen LogP contribution >= 0.6 is 11.6 Å². The number of hydrogen-bond donors (Lipinski definition) is 2. The highest BCUT2D eigenvalue weighted by Gasteiger charge is 2.07. The number of nitrogens with one attached hydrogen (secondary N) is 1. The summed E-state index contributed by atoms with van der Waals surface area (Å²) < 4.78 is 5.43. The summed E-state index contributed by atoms with van der Waals surface area (Å²) in [5.74, 6) is 0.383. The van der Waals surface area contributed by atoms with Crippen molar-refractivity contribution >= 4 is 17.6 Å². The summed E-state index contributed by atoms with van der Waals surface area (Å²) in [6.07, 6.45) is -0.211. The number of aromatic amines is 1. The van der Waals surface area contributed by atoms with Gasteiger partial charge < -0.3 is 9.84 Å². The molecule has 0 radical (unpaired) electrons. The van der Waals surface area contributed by atoms with Crippen LogP contribution in [0.1, 0.15) is 11.6 Å². The SMILES string of the molecule is O=C(O)Cc1n[nH]c(COc2ccc(Cl)cc2)n1. The third kappa shape index (κ3) is 3.46. The third-order valence-electron chi connectivity index (χ3n) is 2.08. The number of nitrogens with zero attached hydrogens (tertiary/aromatic N) is 2. The number of carboxylic acid groups (broad SMARTS) is 1. The summed E-state index contributed by atoms with van der Waals surface area (Å²) in [6, 6.07) is 6.90. The summed E-state index contributed by atoms with van der Waals surface area (Å²) in [6.45, 7) is 0.189. The number of benzene rings is 1. The first-order valence-corrected chi connectivity index (χ1v) is 5.51. The predicted octanol–water partition coefficient (Wildman–Crippen LogP) is 1.66. The van der Waals surface area contributed by atoms with Crippen LogP contribution in [0.15, 0.2) is 24.3 Å². The van der Waals surface area contributed by atoms with Crippen LogP contribution in [0.5, 0.6) is 5.75 Å². The zero-order valence-electron chi connectivity index (χ0n) is 9.26. The van der Waals surface area contributed by atoms with E-state index in [0.717, 1.165) is 0 Å². The van der Waals surface area contributed by atoms with E-state index in [1.807, 2.05) is 0 Å². The smallest absolute Gasteiger partial charge is 0.311 e. The molecular weight excluding hydrogens is 258 g/mol. The molecule has 2 rings (SSSR count). The van der Waals surface area contributed by atoms with E-state index in [-0.39, 0.29) is 18.9 Å². The van der Waals surface area contributed by atoms with Crippen LogP contribution in [0.25, 0.3) is 0 Å². The lowest BCUT2D eigenvalue weighted by molar-refractivity contribution is -0.136. The molecule has 2 aromatic rings. The van der Waals surface area contributed by atoms with Crippen molar-refractivity contribution in [3.05, 3.63) is 40.9 Å². The highest BCUT2D eigenvalue weighted by molar-refractivity contribution is 6.30. The van der Waals surface area contributed by atoms with Gasteiger partial charge in [0.25, 0.3) is 0 Å². The minimum Gasteiger partial charge on any atom is -0.486 e. The first kappa shape index (κ1) is 12.4. The van der Waals surface area contributed by atoms with Crippen LogP contribution in [0.2, 0.25) is 5.02 Å². The van der Waals surface area contributed by atoms with Gasteiger partial charge in [0.15, 0.2) is 11.6 Å². The third-order valence-corrected chi connectivity index (χ3v) is 2.33. The molecule has 6 nitrogen and oxygen atoms in total. The highest BCUT2D eigenvalue weighted by atomic mass is 35.5. The molecule has 0 fully saturated rings. The summed E-state index contributed by atoms with van der Waals surface area (Å²) in [4.78, 5) is 14.4. The molecule has 94 valence electrons. The van der Waals surface area contributed by atoms with Gasteiger partial charge in [0.05, 0.1) is 0 Å². The molecule has 18 heavy (non-hydrogen) atoms. The van der Waals surface area contributed by atoms with Crippen molar-refractivity contribution in [1.82, 2.24) is 15.2 Å². The van der Waals surface area contributed by atoms with Gasteiger partial charge in [-0.25, -0.2) is 4.98 Å². The van der Waals surface area contributed by atoms with Gasteiger partial charge in [-0.1, -0.05) is 11.6 Å². The Balaban J connectivity index is 1.92. The zero-order chi connectivity index (χ0) is 13.0. The second-order valence-electron chi connectivity index (χ2n) is 3.51. The molecule has 7 heteroatoms. The van der Waals surface area contributed by atoms with Crippen LogP contribution in [0.4, 0.5) is 0 Å². The van der Waals surface area contributed by atoms with Gasteiger partial charge in [-0.2, -0.15) is 5.10 Å². The average molecular weight is 268 g/mol. The first-order valence-electron chi connectivity index (χ1n) is 5.14. The molecule has 0 spiro atoms. The molecule has 0 amide bonds. The lowest BCUT2D eigenvalue weighted by Gasteiger charge is -2.02. The second-order valence-corrected chi connectivity index (χ2v) is 3.95. The number of hydrogen-bond acceptors (Lipinski definition) is 4. The topological polar surface area (TPSA) is 88.1 Å². The van der Waals surface area contributed by atoms with E-state index in [0.29, 0.717) is 16.6 Å². The lowest BCUT2D eigenvalue weighted by Crippen LogP contribution is -2.02. The monoisotopic (exact) mass is 267 g/mol. The maximum absolute atomic E-state index is 10.5. The maximum Gasteiger partial charge on any atom is 0.311 e. The number of ether oxygens (including phenoxy) is 1. The Bertz CT molecular complexity index is 539. The second kappa shape index (κ2) is 5.50. The molecular formula is C11H10ClN3O3. The predicted molar refractivity (Wildman–Crippen MR) is 63.5 cm³/mol. The van der Waals surface area contributed by atoms with Crippen molar-refractivity contribution in [2.24, 2.45) is 0 Å². The van der Waals surface area contributed by atoms with Gasteiger partial charge in [0.1, 0.15) is 18.8 Å². The number of carbonyl (C=O) groups is 1. The molecule has 0 aliphatic rings. The van der Waals surface area contributed by atoms with E-state index in [4.69, 9.17) is 21.4 Å². The summed E-state index contributed by atoms with van der Waals surface area (Å²) >= 11 is 5.74. The van der Waals surface area contributed by atoms with Crippen LogP contribution in [0.3, 0.4) is 0 Å². The normalized spacial score (nSPS) is 10.3. The van der Waals surface area contributed by atoms with Crippen molar-refractivity contribution in [3.8, 4) is 5.75 Å². The molecule has 1 aromatic heterocycles.